The van der Waals surface area contributed by atoms with Crippen LogP contribution in [0.15, 0.2) is 52.3 Å². The highest BCUT2D eigenvalue weighted by Crippen LogP contribution is 2.40. The molecule has 7 nitrogen and oxygen atoms in total. The molecule has 1 N–H and O–H groups in total. The summed E-state index contributed by atoms with van der Waals surface area (Å²) in [5, 5.41) is 2.94. The summed E-state index contributed by atoms with van der Waals surface area (Å²) in [5.41, 5.74) is 2.22. The van der Waals surface area contributed by atoms with Crippen LogP contribution in [0.4, 0.5) is 11.4 Å². The van der Waals surface area contributed by atoms with E-state index in [1.54, 1.807) is 18.2 Å². The maximum Gasteiger partial charge on any atom is 0.244 e. The molecule has 2 amide bonds. The van der Waals surface area contributed by atoms with E-state index in [1.807, 2.05) is 38.1 Å². The van der Waals surface area contributed by atoms with Crippen molar-refractivity contribution in [1.29, 1.82) is 0 Å². The van der Waals surface area contributed by atoms with Gasteiger partial charge in [0.25, 0.3) is 0 Å². The monoisotopic (exact) mass is 515 g/mol. The average molecular weight is 516 g/mol. The van der Waals surface area contributed by atoms with E-state index in [0.717, 1.165) is 35.4 Å². The van der Waals surface area contributed by atoms with Gasteiger partial charge in [0.2, 0.25) is 21.8 Å². The van der Waals surface area contributed by atoms with Crippen LogP contribution in [0, 0.1) is 5.92 Å². The fourth-order valence-corrected chi connectivity index (χ4v) is 7.13. The van der Waals surface area contributed by atoms with Crippen molar-refractivity contribution in [3.05, 3.63) is 48.0 Å². The van der Waals surface area contributed by atoms with Crippen molar-refractivity contribution in [2.75, 3.05) is 29.9 Å². The normalized spacial score (nSPS) is 19.8. The van der Waals surface area contributed by atoms with Crippen LogP contribution < -0.4 is 10.2 Å². The molecule has 35 heavy (non-hydrogen) atoms. The van der Waals surface area contributed by atoms with Crippen molar-refractivity contribution in [3.63, 3.8) is 0 Å². The molecule has 9 heteroatoms. The van der Waals surface area contributed by atoms with Gasteiger partial charge in [-0.3, -0.25) is 9.59 Å². The van der Waals surface area contributed by atoms with Gasteiger partial charge < -0.3 is 10.2 Å². The van der Waals surface area contributed by atoms with Gasteiger partial charge in [-0.1, -0.05) is 39.0 Å². The van der Waals surface area contributed by atoms with Gasteiger partial charge in [0.05, 0.1) is 10.6 Å². The topological polar surface area (TPSA) is 86.8 Å². The first kappa shape index (κ1) is 25.7. The first-order chi connectivity index (χ1) is 16.7. The van der Waals surface area contributed by atoms with Gasteiger partial charge in [0, 0.05) is 35.3 Å². The second-order valence-corrected chi connectivity index (χ2v) is 12.8. The number of carbonyl (C=O) groups excluding carboxylic acids is 2. The SMILES string of the molecule is CCc1ccccc1NC(=O)CN1C(=O)C[C@@H](C)Sc2ccc(S(=O)(=O)N3CCC(C)CC3)cc21. The van der Waals surface area contributed by atoms with Crippen LogP contribution >= 0.6 is 11.8 Å². The molecular formula is C26H33N3O4S2. The minimum Gasteiger partial charge on any atom is -0.324 e. The molecule has 2 aromatic rings. The number of aryl methyl sites for hydroxylation is 1. The lowest BCUT2D eigenvalue weighted by Gasteiger charge is -2.30. The minimum atomic E-state index is -3.69. The summed E-state index contributed by atoms with van der Waals surface area (Å²) in [5.74, 6) is 0.00269. The largest absolute Gasteiger partial charge is 0.324 e. The van der Waals surface area contributed by atoms with E-state index in [1.165, 1.54) is 21.0 Å². The molecule has 0 radical (unpaired) electrons. The Morgan fingerprint density at radius 1 is 1.11 bits per heavy atom. The van der Waals surface area contributed by atoms with E-state index in [2.05, 4.69) is 12.2 Å². The Balaban J connectivity index is 1.64. The molecule has 2 aliphatic heterocycles. The highest BCUT2D eigenvalue weighted by molar-refractivity contribution is 8.00. The zero-order valence-electron chi connectivity index (χ0n) is 20.5. The first-order valence-corrected chi connectivity index (χ1v) is 14.5. The lowest BCUT2D eigenvalue weighted by molar-refractivity contribution is -0.121. The van der Waals surface area contributed by atoms with Crippen LogP contribution in [0.1, 0.15) is 45.6 Å². The zero-order valence-corrected chi connectivity index (χ0v) is 22.1. The number of hydrogen-bond acceptors (Lipinski definition) is 5. The number of carbonyl (C=O) groups is 2. The summed E-state index contributed by atoms with van der Waals surface area (Å²) in [6.07, 6.45) is 2.71. The van der Waals surface area contributed by atoms with Gasteiger partial charge in [-0.2, -0.15) is 4.31 Å². The molecule has 1 saturated heterocycles. The molecule has 2 aliphatic rings. The number of para-hydroxylation sites is 1. The number of nitrogens with one attached hydrogen (secondary N) is 1. The van der Waals surface area contributed by atoms with Crippen molar-refractivity contribution in [2.24, 2.45) is 5.92 Å². The van der Waals surface area contributed by atoms with Crippen molar-refractivity contribution in [1.82, 2.24) is 4.31 Å². The fourth-order valence-electron chi connectivity index (χ4n) is 4.55. The average Bonchev–Trinajstić information content (AvgIpc) is 2.94. The summed E-state index contributed by atoms with van der Waals surface area (Å²) in [4.78, 5) is 28.6. The Morgan fingerprint density at radius 2 is 1.83 bits per heavy atom. The molecule has 2 aromatic carbocycles. The predicted octanol–water partition coefficient (Wildman–Crippen LogP) is 4.53. The molecule has 188 valence electrons. The van der Waals surface area contributed by atoms with Crippen molar-refractivity contribution in [2.45, 2.75) is 61.5 Å². The van der Waals surface area contributed by atoms with E-state index < -0.39 is 10.0 Å². The number of rotatable bonds is 6. The summed E-state index contributed by atoms with van der Waals surface area (Å²) in [6.45, 7) is 6.93. The van der Waals surface area contributed by atoms with Crippen LogP contribution in [0.5, 0.6) is 0 Å². The van der Waals surface area contributed by atoms with Gasteiger partial charge in [-0.05, 0) is 55.0 Å². The molecule has 0 aromatic heterocycles. The Hall–Kier alpha value is -2.36. The third-order valence-corrected chi connectivity index (χ3v) is 9.73. The quantitative estimate of drug-likeness (QED) is 0.611. The van der Waals surface area contributed by atoms with E-state index in [4.69, 9.17) is 0 Å². The maximum atomic E-state index is 13.4. The van der Waals surface area contributed by atoms with E-state index in [9.17, 15) is 18.0 Å². The van der Waals surface area contributed by atoms with Crippen molar-refractivity contribution in [3.8, 4) is 0 Å². The molecule has 1 fully saturated rings. The van der Waals surface area contributed by atoms with Crippen LogP contribution in [-0.2, 0) is 26.0 Å². The first-order valence-electron chi connectivity index (χ1n) is 12.2. The van der Waals surface area contributed by atoms with Crippen LogP contribution in [-0.4, -0.2) is 49.4 Å². The van der Waals surface area contributed by atoms with Gasteiger partial charge in [0.1, 0.15) is 6.54 Å². The standard InChI is InChI=1S/C26H33N3O4S2/c1-4-20-7-5-6-8-22(20)27-25(30)17-29-23-16-21(9-10-24(23)34-19(3)15-26(29)31)35(32,33)28-13-11-18(2)12-14-28/h5-10,16,18-19H,4,11-15,17H2,1-3H3,(H,27,30)/t19-/m1/s1. The minimum absolute atomic E-state index is 0.0150. The van der Waals surface area contributed by atoms with Gasteiger partial charge in [-0.25, -0.2) is 8.42 Å². The number of fused-ring (bicyclic) bond motifs is 1. The maximum absolute atomic E-state index is 13.4. The van der Waals surface area contributed by atoms with E-state index >= 15 is 0 Å². The Bertz CT molecular complexity index is 1210. The van der Waals surface area contributed by atoms with Gasteiger partial charge >= 0.3 is 0 Å². The van der Waals surface area contributed by atoms with Crippen LogP contribution in [0.25, 0.3) is 0 Å². The fraction of sp³-hybridized carbons (Fsp3) is 0.462. The van der Waals surface area contributed by atoms with Crippen LogP contribution in [0.3, 0.4) is 0 Å². The number of benzene rings is 2. The molecule has 0 saturated carbocycles. The number of nitrogens with zero attached hydrogens (tertiary/aromatic N) is 2. The van der Waals surface area contributed by atoms with E-state index in [-0.39, 0.29) is 34.9 Å². The highest BCUT2D eigenvalue weighted by Gasteiger charge is 2.32. The predicted molar refractivity (Wildman–Crippen MR) is 140 cm³/mol. The number of sulfonamides is 1. The van der Waals surface area contributed by atoms with Crippen molar-refractivity contribution < 1.29 is 18.0 Å². The number of amides is 2. The summed E-state index contributed by atoms with van der Waals surface area (Å²) < 4.78 is 28.3. The summed E-state index contributed by atoms with van der Waals surface area (Å²) in [7, 11) is -3.69. The zero-order chi connectivity index (χ0) is 25.2. The summed E-state index contributed by atoms with van der Waals surface area (Å²) >= 11 is 1.53. The highest BCUT2D eigenvalue weighted by atomic mass is 32.2. The molecule has 4 rings (SSSR count). The Morgan fingerprint density at radius 3 is 2.54 bits per heavy atom. The van der Waals surface area contributed by atoms with Gasteiger partial charge in [-0.15, -0.1) is 11.8 Å². The molecule has 0 unspecified atom stereocenters. The molecule has 0 aliphatic carbocycles. The lowest BCUT2D eigenvalue weighted by Crippen LogP contribution is -2.39. The second-order valence-electron chi connectivity index (χ2n) is 9.39. The number of piperidine rings is 1. The number of hydrogen-bond donors (Lipinski definition) is 1. The third-order valence-electron chi connectivity index (χ3n) is 6.67. The summed E-state index contributed by atoms with van der Waals surface area (Å²) in [6, 6.07) is 12.5. The Kier molecular flexibility index (Phi) is 7.88. The Labute approximate surface area is 212 Å². The smallest absolute Gasteiger partial charge is 0.244 e. The van der Waals surface area contributed by atoms with Crippen molar-refractivity contribution >= 4 is 45.0 Å². The van der Waals surface area contributed by atoms with Crippen LogP contribution in [0.2, 0.25) is 0 Å². The number of anilines is 2. The molecule has 0 spiro atoms. The molecular weight excluding hydrogens is 482 g/mol. The molecule has 2 heterocycles. The van der Waals surface area contributed by atoms with E-state index in [0.29, 0.717) is 24.7 Å². The van der Waals surface area contributed by atoms with Gasteiger partial charge in [0.15, 0.2) is 0 Å². The molecule has 1 atom stereocenters. The number of thioether (sulfide) groups is 1. The second kappa shape index (κ2) is 10.7. The lowest BCUT2D eigenvalue weighted by atomic mass is 10.0. The third kappa shape index (κ3) is 5.73. The molecule has 0 bridgehead atoms.